The van der Waals surface area contributed by atoms with Crippen LogP contribution in [0.4, 0.5) is 5.82 Å². The summed E-state index contributed by atoms with van der Waals surface area (Å²) in [6.07, 6.45) is 1.60. The van der Waals surface area contributed by atoms with Crippen LogP contribution in [0.25, 0.3) is 0 Å². The molecule has 0 saturated carbocycles. The minimum Gasteiger partial charge on any atom is -0.308 e. The van der Waals surface area contributed by atoms with Gasteiger partial charge in [0.2, 0.25) is 0 Å². The summed E-state index contributed by atoms with van der Waals surface area (Å²) in [7, 11) is 0. The normalized spacial score (nSPS) is 10.5. The van der Waals surface area contributed by atoms with Gasteiger partial charge in [0.15, 0.2) is 0 Å². The lowest BCUT2D eigenvalue weighted by atomic mass is 10.0. The van der Waals surface area contributed by atoms with Gasteiger partial charge >= 0.3 is 0 Å². The molecule has 0 aliphatic carbocycles. The van der Waals surface area contributed by atoms with E-state index in [1.54, 1.807) is 0 Å². The van der Waals surface area contributed by atoms with E-state index in [4.69, 9.17) is 5.84 Å². The summed E-state index contributed by atoms with van der Waals surface area (Å²) < 4.78 is 0. The van der Waals surface area contributed by atoms with Crippen molar-refractivity contribution < 1.29 is 0 Å². The predicted molar refractivity (Wildman–Crippen MR) is 77.9 cm³/mol. The zero-order valence-electron chi connectivity index (χ0n) is 11.7. The molecule has 19 heavy (non-hydrogen) atoms. The molecule has 3 N–H and O–H groups in total. The SMILES string of the molecule is CCc1cc(NN)nc(Cc2ccc(C)c(C)c2)n1. The molecule has 1 aromatic carbocycles. The molecule has 0 fully saturated rings. The monoisotopic (exact) mass is 256 g/mol. The standard InChI is InChI=1S/C15H20N4/c1-4-13-9-15(19-16)18-14(17-13)8-12-6-5-10(2)11(3)7-12/h5-7,9H,4,8,16H2,1-3H3,(H,17,18,19). The Morgan fingerprint density at radius 3 is 2.53 bits per heavy atom. The second kappa shape index (κ2) is 5.80. The first-order valence-electron chi connectivity index (χ1n) is 6.52. The maximum atomic E-state index is 5.44. The second-order valence-corrected chi connectivity index (χ2v) is 4.75. The Hall–Kier alpha value is -1.94. The molecule has 100 valence electrons. The largest absolute Gasteiger partial charge is 0.308 e. The smallest absolute Gasteiger partial charge is 0.143 e. The summed E-state index contributed by atoms with van der Waals surface area (Å²) in [6.45, 7) is 6.31. The van der Waals surface area contributed by atoms with Crippen LogP contribution >= 0.6 is 0 Å². The van der Waals surface area contributed by atoms with Gasteiger partial charge in [0, 0.05) is 18.2 Å². The molecule has 0 amide bonds. The molecule has 0 aliphatic rings. The van der Waals surface area contributed by atoms with Crippen molar-refractivity contribution in [3.8, 4) is 0 Å². The number of rotatable bonds is 4. The van der Waals surface area contributed by atoms with E-state index in [2.05, 4.69) is 54.4 Å². The van der Waals surface area contributed by atoms with Crippen molar-refractivity contribution >= 4 is 5.82 Å². The van der Waals surface area contributed by atoms with Crippen LogP contribution in [-0.2, 0) is 12.8 Å². The van der Waals surface area contributed by atoms with Crippen molar-refractivity contribution in [3.05, 3.63) is 52.5 Å². The lowest BCUT2D eigenvalue weighted by Gasteiger charge is -2.08. The number of nitrogens with two attached hydrogens (primary N) is 1. The van der Waals surface area contributed by atoms with E-state index in [0.717, 1.165) is 24.4 Å². The Bertz CT molecular complexity index is 556. The Kier molecular flexibility index (Phi) is 4.12. The molecule has 4 nitrogen and oxygen atoms in total. The van der Waals surface area contributed by atoms with E-state index in [1.165, 1.54) is 16.7 Å². The quantitative estimate of drug-likeness (QED) is 0.652. The number of nitrogen functional groups attached to an aromatic ring is 1. The molecular weight excluding hydrogens is 236 g/mol. The van der Waals surface area contributed by atoms with E-state index < -0.39 is 0 Å². The topological polar surface area (TPSA) is 63.8 Å². The van der Waals surface area contributed by atoms with E-state index in [0.29, 0.717) is 5.82 Å². The Morgan fingerprint density at radius 1 is 1.11 bits per heavy atom. The molecule has 4 heteroatoms. The molecule has 0 aliphatic heterocycles. The number of anilines is 1. The second-order valence-electron chi connectivity index (χ2n) is 4.75. The van der Waals surface area contributed by atoms with Crippen LogP contribution in [0.1, 0.15) is 35.1 Å². The third-order valence-corrected chi connectivity index (χ3v) is 3.27. The fourth-order valence-electron chi connectivity index (χ4n) is 1.98. The number of hydrazine groups is 1. The lowest BCUT2D eigenvalue weighted by Crippen LogP contribution is -2.11. The Morgan fingerprint density at radius 2 is 1.89 bits per heavy atom. The van der Waals surface area contributed by atoms with E-state index in [9.17, 15) is 0 Å². The fourth-order valence-corrected chi connectivity index (χ4v) is 1.98. The highest BCUT2D eigenvalue weighted by atomic mass is 15.3. The maximum absolute atomic E-state index is 5.44. The van der Waals surface area contributed by atoms with Crippen molar-refractivity contribution in [2.45, 2.75) is 33.6 Å². The molecule has 1 aromatic heterocycles. The summed E-state index contributed by atoms with van der Waals surface area (Å²) in [5.74, 6) is 6.91. The molecule has 2 rings (SSSR count). The van der Waals surface area contributed by atoms with Gasteiger partial charge in [-0.2, -0.15) is 0 Å². The number of nitrogens with one attached hydrogen (secondary N) is 1. The summed E-state index contributed by atoms with van der Waals surface area (Å²) >= 11 is 0. The van der Waals surface area contributed by atoms with Gasteiger partial charge in [0.1, 0.15) is 11.6 Å². The van der Waals surface area contributed by atoms with Crippen molar-refractivity contribution in [1.29, 1.82) is 0 Å². The molecule has 0 spiro atoms. The minimum atomic E-state index is 0.672. The van der Waals surface area contributed by atoms with Gasteiger partial charge in [0.25, 0.3) is 0 Å². The molecule has 0 radical (unpaired) electrons. The summed E-state index contributed by atoms with van der Waals surface area (Å²) in [5, 5.41) is 0. The van der Waals surface area contributed by atoms with Gasteiger partial charge in [-0.05, 0) is 37.0 Å². The molecule has 1 heterocycles. The maximum Gasteiger partial charge on any atom is 0.143 e. The highest BCUT2D eigenvalue weighted by molar-refractivity contribution is 5.36. The van der Waals surface area contributed by atoms with E-state index in [-0.39, 0.29) is 0 Å². The predicted octanol–water partition coefficient (Wildman–Crippen LogP) is 2.53. The van der Waals surface area contributed by atoms with Crippen molar-refractivity contribution in [1.82, 2.24) is 9.97 Å². The number of benzene rings is 1. The zero-order valence-corrected chi connectivity index (χ0v) is 11.7. The summed E-state index contributed by atoms with van der Waals surface area (Å²) in [6, 6.07) is 8.33. The summed E-state index contributed by atoms with van der Waals surface area (Å²) in [5.41, 5.74) is 7.42. The average Bonchev–Trinajstić information content (AvgIpc) is 2.42. The van der Waals surface area contributed by atoms with Gasteiger partial charge in [-0.3, -0.25) is 0 Å². The number of aryl methyl sites for hydroxylation is 3. The molecular formula is C15H20N4. The summed E-state index contributed by atoms with van der Waals surface area (Å²) in [4.78, 5) is 8.94. The number of aromatic nitrogens is 2. The highest BCUT2D eigenvalue weighted by Gasteiger charge is 2.05. The van der Waals surface area contributed by atoms with Gasteiger partial charge in [0.05, 0.1) is 0 Å². The van der Waals surface area contributed by atoms with Gasteiger partial charge in [-0.25, -0.2) is 15.8 Å². The van der Waals surface area contributed by atoms with Gasteiger partial charge < -0.3 is 5.43 Å². The van der Waals surface area contributed by atoms with Crippen LogP contribution in [0, 0.1) is 13.8 Å². The van der Waals surface area contributed by atoms with Gasteiger partial charge in [-0.15, -0.1) is 0 Å². The van der Waals surface area contributed by atoms with E-state index >= 15 is 0 Å². The number of hydrogen-bond donors (Lipinski definition) is 2. The minimum absolute atomic E-state index is 0.672. The first-order valence-corrected chi connectivity index (χ1v) is 6.52. The first-order chi connectivity index (χ1) is 9.12. The average molecular weight is 256 g/mol. The molecule has 0 atom stereocenters. The molecule has 0 saturated heterocycles. The van der Waals surface area contributed by atoms with Gasteiger partial charge in [-0.1, -0.05) is 25.1 Å². The fraction of sp³-hybridized carbons (Fsp3) is 0.333. The van der Waals surface area contributed by atoms with Crippen LogP contribution in [-0.4, -0.2) is 9.97 Å². The van der Waals surface area contributed by atoms with E-state index in [1.807, 2.05) is 6.07 Å². The van der Waals surface area contributed by atoms with Crippen LogP contribution in [0.3, 0.4) is 0 Å². The van der Waals surface area contributed by atoms with Crippen LogP contribution in [0.2, 0.25) is 0 Å². The third-order valence-electron chi connectivity index (χ3n) is 3.27. The highest BCUT2D eigenvalue weighted by Crippen LogP contribution is 2.14. The Labute approximate surface area is 114 Å². The number of hydrogen-bond acceptors (Lipinski definition) is 4. The van der Waals surface area contributed by atoms with Crippen molar-refractivity contribution in [2.75, 3.05) is 5.43 Å². The van der Waals surface area contributed by atoms with Crippen LogP contribution in [0.15, 0.2) is 24.3 Å². The zero-order chi connectivity index (χ0) is 13.8. The lowest BCUT2D eigenvalue weighted by molar-refractivity contribution is 0.904. The Balaban J connectivity index is 2.29. The molecule has 2 aromatic rings. The van der Waals surface area contributed by atoms with Crippen LogP contribution in [0.5, 0.6) is 0 Å². The van der Waals surface area contributed by atoms with Crippen molar-refractivity contribution in [2.24, 2.45) is 5.84 Å². The third kappa shape index (κ3) is 3.29. The molecule has 0 bridgehead atoms. The van der Waals surface area contributed by atoms with Crippen LogP contribution < -0.4 is 11.3 Å². The van der Waals surface area contributed by atoms with Crippen molar-refractivity contribution in [3.63, 3.8) is 0 Å². The molecule has 0 unspecified atom stereocenters. The first kappa shape index (κ1) is 13.5. The number of nitrogens with zero attached hydrogens (tertiary/aromatic N) is 2.